The van der Waals surface area contributed by atoms with Gasteiger partial charge in [-0.3, -0.25) is 14.2 Å². The Kier molecular flexibility index (Phi) is 6.07. The van der Waals surface area contributed by atoms with Crippen LogP contribution in [0, 0.1) is 0 Å². The van der Waals surface area contributed by atoms with E-state index in [-0.39, 0.29) is 11.5 Å². The van der Waals surface area contributed by atoms with Gasteiger partial charge in [0.05, 0.1) is 22.6 Å². The minimum atomic E-state index is -0.447. The first-order chi connectivity index (χ1) is 14.9. The Morgan fingerprint density at radius 3 is 2.16 bits per heavy atom. The van der Waals surface area contributed by atoms with E-state index in [0.717, 1.165) is 8.95 Å². The van der Waals surface area contributed by atoms with Crippen LogP contribution in [-0.2, 0) is 0 Å². The minimum Gasteiger partial charge on any atom is -0.332 e. The van der Waals surface area contributed by atoms with Crippen molar-refractivity contribution in [2.75, 3.05) is 7.05 Å². The van der Waals surface area contributed by atoms with E-state index >= 15 is 0 Å². The number of amides is 1. The average Bonchev–Trinajstić information content (AvgIpc) is 2.79. The highest BCUT2D eigenvalue weighted by atomic mass is 79.9. The van der Waals surface area contributed by atoms with Gasteiger partial charge in [0.25, 0.3) is 11.5 Å². The monoisotopic (exact) mass is 539 g/mol. The fourth-order valence-corrected chi connectivity index (χ4v) is 3.94. The van der Waals surface area contributed by atoms with Crippen molar-refractivity contribution in [1.29, 1.82) is 0 Å². The van der Waals surface area contributed by atoms with Crippen LogP contribution in [0.2, 0.25) is 0 Å². The number of rotatable bonds is 4. The first kappa shape index (κ1) is 21.5. The number of para-hydroxylation sites is 1. The second-order valence-electron chi connectivity index (χ2n) is 7.20. The first-order valence-corrected chi connectivity index (χ1v) is 11.3. The van der Waals surface area contributed by atoms with Crippen molar-refractivity contribution in [3.8, 4) is 5.69 Å². The predicted octanol–water partition coefficient (Wildman–Crippen LogP) is 5.74. The van der Waals surface area contributed by atoms with Gasteiger partial charge < -0.3 is 4.90 Å². The number of halogens is 2. The molecule has 0 spiro atoms. The molecule has 4 rings (SSSR count). The molecule has 31 heavy (non-hydrogen) atoms. The Hall–Kier alpha value is -2.77. The Labute approximate surface area is 196 Å². The lowest BCUT2D eigenvalue weighted by Gasteiger charge is -2.27. The molecule has 0 N–H and O–H groups in total. The third kappa shape index (κ3) is 4.20. The van der Waals surface area contributed by atoms with Crippen LogP contribution in [0.4, 0.5) is 0 Å². The maximum Gasteiger partial charge on any atom is 0.266 e. The zero-order valence-corrected chi connectivity index (χ0v) is 20.1. The highest BCUT2D eigenvalue weighted by Crippen LogP contribution is 2.24. The van der Waals surface area contributed by atoms with Crippen LogP contribution in [-0.4, -0.2) is 27.4 Å². The summed E-state index contributed by atoms with van der Waals surface area (Å²) in [6.07, 6.45) is 0. The zero-order chi connectivity index (χ0) is 22.1. The Morgan fingerprint density at radius 2 is 1.52 bits per heavy atom. The van der Waals surface area contributed by atoms with Crippen LogP contribution >= 0.6 is 31.9 Å². The van der Waals surface area contributed by atoms with Crippen molar-refractivity contribution in [3.63, 3.8) is 0 Å². The zero-order valence-electron chi connectivity index (χ0n) is 16.9. The molecular formula is C24H19Br2N3O2. The quantitative estimate of drug-likeness (QED) is 0.331. The van der Waals surface area contributed by atoms with Gasteiger partial charge in [0.1, 0.15) is 5.82 Å². The molecule has 5 nitrogen and oxygen atoms in total. The molecule has 156 valence electrons. The molecule has 3 aromatic carbocycles. The molecular weight excluding hydrogens is 522 g/mol. The van der Waals surface area contributed by atoms with Gasteiger partial charge >= 0.3 is 0 Å². The van der Waals surface area contributed by atoms with Crippen molar-refractivity contribution in [2.45, 2.75) is 13.0 Å². The van der Waals surface area contributed by atoms with Crippen molar-refractivity contribution in [3.05, 3.63) is 103 Å². The number of carbonyl (C=O) groups excluding carboxylic acids is 1. The summed E-state index contributed by atoms with van der Waals surface area (Å²) in [5.41, 5.74) is 1.69. The lowest BCUT2D eigenvalue weighted by atomic mass is 10.1. The molecule has 0 bridgehead atoms. The summed E-state index contributed by atoms with van der Waals surface area (Å²) < 4.78 is 3.40. The molecule has 0 aliphatic carbocycles. The van der Waals surface area contributed by atoms with Gasteiger partial charge in [0.15, 0.2) is 0 Å². The Balaban J connectivity index is 1.86. The van der Waals surface area contributed by atoms with Crippen LogP contribution < -0.4 is 5.56 Å². The molecule has 0 fully saturated rings. The van der Waals surface area contributed by atoms with Crippen molar-refractivity contribution in [1.82, 2.24) is 14.5 Å². The van der Waals surface area contributed by atoms with E-state index in [9.17, 15) is 9.59 Å². The van der Waals surface area contributed by atoms with Crippen molar-refractivity contribution < 1.29 is 4.79 Å². The summed E-state index contributed by atoms with van der Waals surface area (Å²) in [6.45, 7) is 1.88. The first-order valence-electron chi connectivity index (χ1n) is 9.67. The van der Waals surface area contributed by atoms with E-state index < -0.39 is 6.04 Å². The maximum absolute atomic E-state index is 13.4. The fourth-order valence-electron chi connectivity index (χ4n) is 3.42. The lowest BCUT2D eigenvalue weighted by molar-refractivity contribution is 0.0735. The molecule has 4 aromatic rings. The Morgan fingerprint density at radius 1 is 0.935 bits per heavy atom. The summed E-state index contributed by atoms with van der Waals surface area (Å²) >= 11 is 6.83. The molecule has 1 heterocycles. The molecule has 1 unspecified atom stereocenters. The van der Waals surface area contributed by atoms with Crippen LogP contribution in [0.1, 0.15) is 29.1 Å². The summed E-state index contributed by atoms with van der Waals surface area (Å²) in [4.78, 5) is 32.9. The third-order valence-electron chi connectivity index (χ3n) is 5.25. The van der Waals surface area contributed by atoms with E-state index in [2.05, 4.69) is 31.9 Å². The van der Waals surface area contributed by atoms with E-state index in [1.54, 1.807) is 34.7 Å². The van der Waals surface area contributed by atoms with Gasteiger partial charge in [0.2, 0.25) is 0 Å². The van der Waals surface area contributed by atoms with Crippen molar-refractivity contribution >= 4 is 48.7 Å². The maximum atomic E-state index is 13.4. The minimum absolute atomic E-state index is 0.148. The molecule has 0 aliphatic heterocycles. The summed E-state index contributed by atoms with van der Waals surface area (Å²) in [6, 6.07) is 21.5. The molecule has 1 aromatic heterocycles. The molecule has 0 saturated carbocycles. The number of benzene rings is 3. The summed E-state index contributed by atoms with van der Waals surface area (Å²) in [5, 5.41) is 0.531. The van der Waals surface area contributed by atoms with Gasteiger partial charge in [-0.2, -0.15) is 0 Å². The predicted molar refractivity (Wildman–Crippen MR) is 130 cm³/mol. The standard InChI is InChI=1S/C24H19Br2N3O2/c1-15(28(2)23(30)16-7-9-17(25)10-8-16)22-27-21-6-4-3-5-20(21)24(31)29(22)19-13-11-18(26)12-14-19/h3-15H,1-2H3. The van der Waals surface area contributed by atoms with Gasteiger partial charge in [0, 0.05) is 21.6 Å². The van der Waals surface area contributed by atoms with Gasteiger partial charge in [-0.25, -0.2) is 4.98 Å². The highest BCUT2D eigenvalue weighted by molar-refractivity contribution is 9.10. The van der Waals surface area contributed by atoms with Crippen LogP contribution in [0.5, 0.6) is 0 Å². The largest absolute Gasteiger partial charge is 0.332 e. The topological polar surface area (TPSA) is 55.2 Å². The molecule has 0 aliphatic rings. The molecule has 0 saturated heterocycles. The second kappa shape index (κ2) is 8.77. The average molecular weight is 541 g/mol. The molecule has 1 amide bonds. The van der Waals surface area contributed by atoms with Gasteiger partial charge in [-0.05, 0) is 67.6 Å². The van der Waals surface area contributed by atoms with E-state index in [1.807, 2.05) is 61.5 Å². The van der Waals surface area contributed by atoms with E-state index in [1.165, 1.54) is 0 Å². The fraction of sp³-hybridized carbons (Fsp3) is 0.125. The molecule has 7 heteroatoms. The number of hydrogen-bond donors (Lipinski definition) is 0. The normalized spacial score (nSPS) is 12.0. The highest BCUT2D eigenvalue weighted by Gasteiger charge is 2.25. The number of aromatic nitrogens is 2. The van der Waals surface area contributed by atoms with Crippen molar-refractivity contribution in [2.24, 2.45) is 0 Å². The summed E-state index contributed by atoms with van der Waals surface area (Å²) in [7, 11) is 1.72. The van der Waals surface area contributed by atoms with Crippen LogP contribution in [0.3, 0.4) is 0 Å². The molecule has 0 radical (unpaired) electrons. The van der Waals surface area contributed by atoms with Gasteiger partial charge in [-0.1, -0.05) is 44.0 Å². The van der Waals surface area contributed by atoms with Crippen LogP contribution in [0.15, 0.2) is 86.5 Å². The smallest absolute Gasteiger partial charge is 0.266 e. The van der Waals surface area contributed by atoms with Gasteiger partial charge in [-0.15, -0.1) is 0 Å². The molecule has 1 atom stereocenters. The van der Waals surface area contributed by atoms with Crippen LogP contribution in [0.25, 0.3) is 16.6 Å². The second-order valence-corrected chi connectivity index (χ2v) is 9.03. The number of carbonyl (C=O) groups is 1. The SMILES string of the molecule is CC(c1nc2ccccc2c(=O)n1-c1ccc(Br)cc1)N(C)C(=O)c1ccc(Br)cc1. The van der Waals surface area contributed by atoms with E-state index in [4.69, 9.17) is 4.98 Å². The number of hydrogen-bond acceptors (Lipinski definition) is 3. The summed E-state index contributed by atoms with van der Waals surface area (Å²) in [5.74, 6) is 0.351. The number of fused-ring (bicyclic) bond motifs is 1. The Bertz CT molecular complexity index is 1320. The third-order valence-corrected chi connectivity index (χ3v) is 6.31. The van der Waals surface area contributed by atoms with E-state index in [0.29, 0.717) is 28.0 Å². The lowest BCUT2D eigenvalue weighted by Crippen LogP contribution is -2.34. The number of nitrogens with zero attached hydrogens (tertiary/aromatic N) is 3.